The van der Waals surface area contributed by atoms with Crippen molar-refractivity contribution in [3.8, 4) is 0 Å². The van der Waals surface area contributed by atoms with Crippen LogP contribution in [-0.2, 0) is 17.8 Å². The van der Waals surface area contributed by atoms with Gasteiger partial charge in [0.2, 0.25) is 0 Å². The molecule has 2 heterocycles. The number of carbonyl (C=O) groups is 1. The highest BCUT2D eigenvalue weighted by molar-refractivity contribution is 5.94. The maximum atomic E-state index is 12.2. The van der Waals surface area contributed by atoms with Crippen LogP contribution in [0.25, 0.3) is 0 Å². The third kappa shape index (κ3) is 4.61. The third-order valence-electron chi connectivity index (χ3n) is 3.88. The van der Waals surface area contributed by atoms with Crippen LogP contribution in [0, 0.1) is 0 Å². The predicted molar refractivity (Wildman–Crippen MR) is 87.9 cm³/mol. The van der Waals surface area contributed by atoms with Crippen molar-refractivity contribution in [1.29, 1.82) is 0 Å². The summed E-state index contributed by atoms with van der Waals surface area (Å²) >= 11 is 0. The summed E-state index contributed by atoms with van der Waals surface area (Å²) in [4.78, 5) is 18.7. The van der Waals surface area contributed by atoms with Gasteiger partial charge < -0.3 is 10.1 Å². The van der Waals surface area contributed by atoms with Gasteiger partial charge in [0, 0.05) is 31.4 Å². The SMILES string of the molecule is O=C(NCc1ccccn1)c1ccc(CN2CCOCC2)cc1. The Hall–Kier alpha value is -2.24. The molecular weight excluding hydrogens is 290 g/mol. The van der Waals surface area contributed by atoms with Crippen molar-refractivity contribution < 1.29 is 9.53 Å². The lowest BCUT2D eigenvalue weighted by Gasteiger charge is -2.26. The molecule has 3 rings (SSSR count). The van der Waals surface area contributed by atoms with Gasteiger partial charge in [-0.15, -0.1) is 0 Å². The largest absolute Gasteiger partial charge is 0.379 e. The summed E-state index contributed by atoms with van der Waals surface area (Å²) in [5.74, 6) is -0.0754. The first-order valence-corrected chi connectivity index (χ1v) is 7.88. The van der Waals surface area contributed by atoms with E-state index in [0.29, 0.717) is 12.1 Å². The minimum Gasteiger partial charge on any atom is -0.379 e. The van der Waals surface area contributed by atoms with Gasteiger partial charge in [-0.1, -0.05) is 18.2 Å². The summed E-state index contributed by atoms with van der Waals surface area (Å²) in [5.41, 5.74) is 2.74. The van der Waals surface area contributed by atoms with Crippen LogP contribution >= 0.6 is 0 Å². The third-order valence-corrected chi connectivity index (χ3v) is 3.88. The Bertz CT molecular complexity index is 622. The number of rotatable bonds is 5. The second-order valence-electron chi connectivity index (χ2n) is 5.59. The van der Waals surface area contributed by atoms with Gasteiger partial charge in [-0.25, -0.2) is 0 Å². The van der Waals surface area contributed by atoms with E-state index < -0.39 is 0 Å². The highest BCUT2D eigenvalue weighted by atomic mass is 16.5. The average molecular weight is 311 g/mol. The predicted octanol–water partition coefficient (Wildman–Crippen LogP) is 1.84. The minimum absolute atomic E-state index is 0.0754. The van der Waals surface area contributed by atoms with E-state index in [4.69, 9.17) is 4.74 Å². The summed E-state index contributed by atoms with van der Waals surface area (Å²) in [7, 11) is 0. The van der Waals surface area contributed by atoms with E-state index in [-0.39, 0.29) is 5.91 Å². The molecule has 0 atom stereocenters. The molecule has 1 amide bonds. The number of benzene rings is 1. The molecule has 5 nitrogen and oxygen atoms in total. The van der Waals surface area contributed by atoms with E-state index in [1.165, 1.54) is 5.56 Å². The molecule has 1 N–H and O–H groups in total. The van der Waals surface area contributed by atoms with Gasteiger partial charge >= 0.3 is 0 Å². The van der Waals surface area contributed by atoms with Crippen LogP contribution in [0.3, 0.4) is 0 Å². The molecule has 1 aromatic heterocycles. The molecule has 1 aliphatic heterocycles. The van der Waals surface area contributed by atoms with Gasteiger partial charge in [-0.05, 0) is 29.8 Å². The summed E-state index contributed by atoms with van der Waals surface area (Å²) in [6.07, 6.45) is 1.72. The van der Waals surface area contributed by atoms with Gasteiger partial charge in [0.05, 0.1) is 25.5 Å². The van der Waals surface area contributed by atoms with Crippen LogP contribution in [0.1, 0.15) is 21.6 Å². The Morgan fingerprint density at radius 3 is 2.61 bits per heavy atom. The average Bonchev–Trinajstić information content (AvgIpc) is 2.62. The molecule has 120 valence electrons. The lowest BCUT2D eigenvalue weighted by Crippen LogP contribution is -2.35. The van der Waals surface area contributed by atoms with Crippen molar-refractivity contribution in [3.63, 3.8) is 0 Å². The zero-order valence-electron chi connectivity index (χ0n) is 13.1. The Kier molecular flexibility index (Phi) is 5.34. The van der Waals surface area contributed by atoms with E-state index in [0.717, 1.165) is 38.5 Å². The topological polar surface area (TPSA) is 54.5 Å². The highest BCUT2D eigenvalue weighted by Crippen LogP contribution is 2.09. The molecule has 23 heavy (non-hydrogen) atoms. The van der Waals surface area contributed by atoms with Crippen LogP contribution in [0.4, 0.5) is 0 Å². The quantitative estimate of drug-likeness (QED) is 0.915. The first-order chi connectivity index (χ1) is 11.3. The van der Waals surface area contributed by atoms with Gasteiger partial charge in [0.15, 0.2) is 0 Å². The number of pyridine rings is 1. The highest BCUT2D eigenvalue weighted by Gasteiger charge is 2.11. The molecule has 0 unspecified atom stereocenters. The number of hydrogen-bond donors (Lipinski definition) is 1. The number of hydrogen-bond acceptors (Lipinski definition) is 4. The number of amides is 1. The second kappa shape index (κ2) is 7.85. The van der Waals surface area contributed by atoms with Crippen LogP contribution in [0.15, 0.2) is 48.7 Å². The Morgan fingerprint density at radius 1 is 1.13 bits per heavy atom. The van der Waals surface area contributed by atoms with E-state index in [9.17, 15) is 4.79 Å². The van der Waals surface area contributed by atoms with Gasteiger partial charge in [-0.3, -0.25) is 14.7 Å². The van der Waals surface area contributed by atoms with Crippen LogP contribution in [0.5, 0.6) is 0 Å². The normalized spacial score (nSPS) is 15.3. The maximum Gasteiger partial charge on any atom is 0.251 e. The number of ether oxygens (including phenoxy) is 1. The fourth-order valence-corrected chi connectivity index (χ4v) is 2.55. The van der Waals surface area contributed by atoms with E-state index in [1.54, 1.807) is 6.20 Å². The summed E-state index contributed by atoms with van der Waals surface area (Å²) in [5, 5.41) is 2.89. The monoisotopic (exact) mass is 311 g/mol. The van der Waals surface area contributed by atoms with Crippen molar-refractivity contribution in [2.75, 3.05) is 26.3 Å². The fourth-order valence-electron chi connectivity index (χ4n) is 2.55. The number of nitrogens with zero attached hydrogens (tertiary/aromatic N) is 2. The number of morpholine rings is 1. The number of nitrogens with one attached hydrogen (secondary N) is 1. The molecule has 0 spiro atoms. The lowest BCUT2D eigenvalue weighted by atomic mass is 10.1. The first-order valence-electron chi connectivity index (χ1n) is 7.88. The molecule has 5 heteroatoms. The van der Waals surface area contributed by atoms with Crippen molar-refractivity contribution in [1.82, 2.24) is 15.2 Å². The van der Waals surface area contributed by atoms with Crippen LogP contribution in [-0.4, -0.2) is 42.1 Å². The van der Waals surface area contributed by atoms with Gasteiger partial charge in [0.25, 0.3) is 5.91 Å². The lowest BCUT2D eigenvalue weighted by molar-refractivity contribution is 0.0342. The number of carbonyl (C=O) groups excluding carboxylic acids is 1. The molecule has 0 bridgehead atoms. The Balaban J connectivity index is 1.52. The molecule has 0 radical (unpaired) electrons. The van der Waals surface area contributed by atoms with Crippen molar-refractivity contribution in [3.05, 3.63) is 65.5 Å². The first kappa shape index (κ1) is 15.6. The smallest absolute Gasteiger partial charge is 0.251 e. The van der Waals surface area contributed by atoms with Crippen LogP contribution in [0.2, 0.25) is 0 Å². The zero-order chi connectivity index (χ0) is 15.9. The Morgan fingerprint density at radius 2 is 1.91 bits per heavy atom. The van der Waals surface area contributed by atoms with Crippen LogP contribution < -0.4 is 5.32 Å². The fraction of sp³-hybridized carbons (Fsp3) is 0.333. The van der Waals surface area contributed by atoms with Crippen molar-refractivity contribution in [2.24, 2.45) is 0 Å². The van der Waals surface area contributed by atoms with Crippen molar-refractivity contribution >= 4 is 5.91 Å². The Labute approximate surface area is 136 Å². The minimum atomic E-state index is -0.0754. The summed E-state index contributed by atoms with van der Waals surface area (Å²) in [6, 6.07) is 13.5. The molecule has 0 aliphatic carbocycles. The second-order valence-corrected chi connectivity index (χ2v) is 5.59. The van der Waals surface area contributed by atoms with E-state index in [2.05, 4.69) is 15.2 Å². The standard InChI is InChI=1S/C18H21N3O2/c22-18(20-13-17-3-1-2-8-19-17)16-6-4-15(5-7-16)14-21-9-11-23-12-10-21/h1-8H,9-14H2,(H,20,22). The molecule has 1 saturated heterocycles. The number of aromatic nitrogens is 1. The van der Waals surface area contributed by atoms with E-state index in [1.807, 2.05) is 42.5 Å². The summed E-state index contributed by atoms with van der Waals surface area (Å²) < 4.78 is 5.35. The van der Waals surface area contributed by atoms with Crippen molar-refractivity contribution in [2.45, 2.75) is 13.1 Å². The molecule has 2 aromatic rings. The van der Waals surface area contributed by atoms with E-state index >= 15 is 0 Å². The summed E-state index contributed by atoms with van der Waals surface area (Å²) in [6.45, 7) is 4.87. The molecule has 1 aromatic carbocycles. The molecule has 1 aliphatic rings. The van der Waals surface area contributed by atoms with Gasteiger partial charge in [0.1, 0.15) is 0 Å². The maximum absolute atomic E-state index is 12.2. The molecule has 1 fully saturated rings. The molecule has 0 saturated carbocycles. The van der Waals surface area contributed by atoms with Gasteiger partial charge in [-0.2, -0.15) is 0 Å². The molecular formula is C18H21N3O2. The zero-order valence-corrected chi connectivity index (χ0v) is 13.1.